The Hall–Kier alpha value is -0.653. The van der Waals surface area contributed by atoms with Crippen LogP contribution < -0.4 is 0 Å². The Morgan fingerprint density at radius 2 is 1.90 bits per heavy atom. The van der Waals surface area contributed by atoms with Crippen molar-refractivity contribution in [3.8, 4) is 10.8 Å². The zero-order chi connectivity index (χ0) is 7.23. The summed E-state index contributed by atoms with van der Waals surface area (Å²) in [5.74, 6) is 0. The molecule has 0 radical (unpaired) electrons. The van der Waals surface area contributed by atoms with E-state index in [9.17, 15) is 0 Å². The van der Waals surface area contributed by atoms with Crippen molar-refractivity contribution in [3.05, 3.63) is 30.3 Å². The molecule has 0 aliphatic carbocycles. The largest absolute Gasteiger partial charge is 0.132 e. The van der Waals surface area contributed by atoms with Crippen LogP contribution in [0.4, 0.5) is 0 Å². The Morgan fingerprint density at radius 1 is 1.20 bits per heavy atom. The molecule has 0 amide bonds. The highest BCUT2D eigenvalue weighted by Gasteiger charge is 1.84. The van der Waals surface area contributed by atoms with E-state index in [1.165, 1.54) is 4.90 Å². The summed E-state index contributed by atoms with van der Waals surface area (Å²) in [7, 11) is 0.968. The molecule has 1 rings (SSSR count). The molecule has 0 aliphatic rings. The molecule has 0 aliphatic heterocycles. The molecule has 0 spiro atoms. The van der Waals surface area contributed by atoms with E-state index in [-0.39, 0.29) is 0 Å². The van der Waals surface area contributed by atoms with E-state index in [0.29, 0.717) is 0 Å². The van der Waals surface area contributed by atoms with Gasteiger partial charge in [0.05, 0.1) is 10.2 Å². The topological polar surface area (TPSA) is 0 Å². The number of hydrogen-bond acceptors (Lipinski definition) is 1. The minimum absolute atomic E-state index is 0.968. The number of hydrogen-bond donors (Lipinski definition) is 0. The zero-order valence-electron chi connectivity index (χ0n) is 5.79. The molecule has 0 nitrogen and oxygen atoms in total. The molecule has 0 saturated carbocycles. The normalized spacial score (nSPS) is 8.40. The summed E-state index contributed by atoms with van der Waals surface area (Å²) in [4.78, 5) is 1.23. The first-order chi connectivity index (χ1) is 4.93. The van der Waals surface area contributed by atoms with Crippen LogP contribution in [0.5, 0.6) is 0 Å². The van der Waals surface area contributed by atoms with Crippen LogP contribution in [-0.2, 0) is 0 Å². The fraction of sp³-hybridized carbons (Fsp3) is 0. The van der Waals surface area contributed by atoms with Gasteiger partial charge in [-0.25, -0.2) is 0 Å². The van der Waals surface area contributed by atoms with Crippen molar-refractivity contribution in [2.45, 2.75) is 4.90 Å². The van der Waals surface area contributed by atoms with E-state index in [4.69, 9.17) is 0 Å². The van der Waals surface area contributed by atoms with E-state index < -0.39 is 0 Å². The third-order valence-electron chi connectivity index (χ3n) is 1.01. The van der Waals surface area contributed by atoms with Crippen molar-refractivity contribution in [3.63, 3.8) is 0 Å². The average Bonchev–Trinajstić information content (AvgIpc) is 2.03. The highest BCUT2D eigenvalue weighted by molar-refractivity contribution is 8.04. The van der Waals surface area contributed by atoms with Crippen LogP contribution in [0, 0.1) is 10.8 Å². The van der Waals surface area contributed by atoms with Gasteiger partial charge < -0.3 is 0 Å². The van der Waals surface area contributed by atoms with Gasteiger partial charge in [-0.3, -0.25) is 0 Å². The molecule has 0 aromatic heterocycles. The maximum absolute atomic E-state index is 2.99. The standard InChI is InChI=1S/C8H8SSi/c10-7-6-9-8-4-2-1-3-5-8/h1-5H,10H3. The van der Waals surface area contributed by atoms with Gasteiger partial charge in [0, 0.05) is 4.90 Å². The van der Waals surface area contributed by atoms with Gasteiger partial charge in [-0.1, -0.05) is 18.2 Å². The van der Waals surface area contributed by atoms with Gasteiger partial charge in [0.25, 0.3) is 0 Å². The van der Waals surface area contributed by atoms with Gasteiger partial charge in [0.2, 0.25) is 0 Å². The first-order valence-corrected chi connectivity index (χ1v) is 4.89. The molecule has 1 aromatic rings. The average molecular weight is 164 g/mol. The van der Waals surface area contributed by atoms with Crippen LogP contribution >= 0.6 is 11.8 Å². The van der Waals surface area contributed by atoms with Gasteiger partial charge in [0.15, 0.2) is 0 Å². The minimum Gasteiger partial charge on any atom is -0.132 e. The van der Waals surface area contributed by atoms with Crippen LogP contribution in [0.1, 0.15) is 0 Å². The lowest BCUT2D eigenvalue weighted by Crippen LogP contribution is -1.64. The summed E-state index contributed by atoms with van der Waals surface area (Å²) in [5, 5.41) is 2.99. The van der Waals surface area contributed by atoms with Crippen LogP contribution in [0.2, 0.25) is 0 Å². The van der Waals surface area contributed by atoms with Crippen LogP contribution in [0.25, 0.3) is 0 Å². The molecule has 0 atom stereocenters. The second-order valence-corrected chi connectivity index (χ2v) is 3.15. The molecule has 50 valence electrons. The summed E-state index contributed by atoms with van der Waals surface area (Å²) in [6.07, 6.45) is 0. The number of thioether (sulfide) groups is 1. The summed E-state index contributed by atoms with van der Waals surface area (Å²) < 4.78 is 0. The molecule has 0 heterocycles. The summed E-state index contributed by atoms with van der Waals surface area (Å²) in [5.41, 5.74) is 2.97. The molecule has 10 heavy (non-hydrogen) atoms. The Morgan fingerprint density at radius 3 is 2.50 bits per heavy atom. The Bertz CT molecular complexity index is 245. The Kier molecular flexibility index (Phi) is 3.14. The van der Waals surface area contributed by atoms with Crippen molar-refractivity contribution in [2.24, 2.45) is 0 Å². The predicted molar refractivity (Wildman–Crippen MR) is 50.0 cm³/mol. The van der Waals surface area contributed by atoms with E-state index >= 15 is 0 Å². The van der Waals surface area contributed by atoms with Gasteiger partial charge >= 0.3 is 0 Å². The SMILES string of the molecule is [SiH3]C#CSc1ccccc1. The van der Waals surface area contributed by atoms with E-state index in [0.717, 1.165) is 10.2 Å². The summed E-state index contributed by atoms with van der Waals surface area (Å²) in [6, 6.07) is 10.2. The first-order valence-electron chi connectivity index (χ1n) is 3.07. The summed E-state index contributed by atoms with van der Waals surface area (Å²) in [6.45, 7) is 0. The fourth-order valence-electron chi connectivity index (χ4n) is 0.598. The third-order valence-corrected chi connectivity index (χ3v) is 2.44. The lowest BCUT2D eigenvalue weighted by atomic mass is 10.4. The molecule has 0 N–H and O–H groups in total. The quantitative estimate of drug-likeness (QED) is 0.340. The van der Waals surface area contributed by atoms with E-state index in [1.54, 1.807) is 11.8 Å². The third kappa shape index (κ3) is 2.30. The Labute approximate surface area is 68.5 Å². The van der Waals surface area contributed by atoms with E-state index in [2.05, 4.69) is 22.9 Å². The van der Waals surface area contributed by atoms with Crippen LogP contribution in [0.3, 0.4) is 0 Å². The van der Waals surface area contributed by atoms with Gasteiger partial charge in [-0.15, -0.1) is 5.54 Å². The predicted octanol–water partition coefficient (Wildman–Crippen LogP) is 1.06. The van der Waals surface area contributed by atoms with Gasteiger partial charge in [-0.2, -0.15) is 0 Å². The lowest BCUT2D eigenvalue weighted by molar-refractivity contribution is 1.48. The Balaban J connectivity index is 2.64. The minimum atomic E-state index is 0.968. The summed E-state index contributed by atoms with van der Waals surface area (Å²) >= 11 is 1.59. The zero-order valence-corrected chi connectivity index (χ0v) is 8.61. The van der Waals surface area contributed by atoms with Gasteiger partial charge in [-0.05, 0) is 29.1 Å². The van der Waals surface area contributed by atoms with Crippen molar-refractivity contribution in [1.29, 1.82) is 0 Å². The maximum Gasteiger partial charge on any atom is 0.0918 e. The maximum atomic E-state index is 2.99. The molecule has 0 saturated heterocycles. The number of benzene rings is 1. The van der Waals surface area contributed by atoms with Crippen LogP contribution in [-0.4, -0.2) is 10.2 Å². The number of rotatable bonds is 1. The highest BCUT2D eigenvalue weighted by atomic mass is 32.2. The molecular weight excluding hydrogens is 156 g/mol. The van der Waals surface area contributed by atoms with E-state index in [1.807, 2.05) is 18.2 Å². The second-order valence-electron chi connectivity index (χ2n) is 1.77. The van der Waals surface area contributed by atoms with Crippen molar-refractivity contribution >= 4 is 22.0 Å². The van der Waals surface area contributed by atoms with Crippen molar-refractivity contribution in [2.75, 3.05) is 0 Å². The molecule has 1 aromatic carbocycles. The second kappa shape index (κ2) is 4.21. The van der Waals surface area contributed by atoms with Crippen molar-refractivity contribution in [1.82, 2.24) is 0 Å². The first kappa shape index (κ1) is 7.45. The lowest BCUT2D eigenvalue weighted by Gasteiger charge is -1.89. The van der Waals surface area contributed by atoms with Crippen molar-refractivity contribution < 1.29 is 0 Å². The monoisotopic (exact) mass is 164 g/mol. The highest BCUT2D eigenvalue weighted by Crippen LogP contribution is 2.14. The molecule has 2 heteroatoms. The molecule has 0 bridgehead atoms. The molecular formula is C8H8SSi. The smallest absolute Gasteiger partial charge is 0.0918 e. The fourth-order valence-corrected chi connectivity index (χ4v) is 1.42. The molecule has 0 unspecified atom stereocenters. The van der Waals surface area contributed by atoms with Crippen LogP contribution in [0.15, 0.2) is 35.2 Å². The molecule has 0 fully saturated rings. The van der Waals surface area contributed by atoms with Gasteiger partial charge in [0.1, 0.15) is 0 Å².